The number of carbonyl (C=O) groups is 1. The van der Waals surface area contributed by atoms with Gasteiger partial charge in [-0.15, -0.1) is 10.2 Å². The van der Waals surface area contributed by atoms with E-state index < -0.39 is 0 Å². The number of aromatic nitrogens is 2. The van der Waals surface area contributed by atoms with E-state index >= 15 is 0 Å². The second-order valence-electron chi connectivity index (χ2n) is 7.24. The summed E-state index contributed by atoms with van der Waals surface area (Å²) < 4.78 is 5.78. The molecule has 1 heterocycles. The number of nitrogens with one attached hydrogen (secondary N) is 1. The SMILES string of the molecule is O=C(CSc1nnc(C2CCCCC2)o1)N[C@H]1CCCc2ccccc21. The van der Waals surface area contributed by atoms with Gasteiger partial charge in [-0.1, -0.05) is 55.3 Å². The van der Waals surface area contributed by atoms with Crippen LogP contribution in [0.3, 0.4) is 0 Å². The highest BCUT2D eigenvalue weighted by Crippen LogP contribution is 2.33. The lowest BCUT2D eigenvalue weighted by atomic mass is 9.88. The second-order valence-corrected chi connectivity index (χ2v) is 8.17. The van der Waals surface area contributed by atoms with Gasteiger partial charge in [0.2, 0.25) is 11.8 Å². The first-order valence-electron chi connectivity index (χ1n) is 9.63. The molecule has 1 saturated carbocycles. The molecule has 1 aromatic carbocycles. The van der Waals surface area contributed by atoms with Crippen molar-refractivity contribution in [1.82, 2.24) is 15.5 Å². The van der Waals surface area contributed by atoms with Crippen molar-refractivity contribution in [2.24, 2.45) is 0 Å². The third-order valence-electron chi connectivity index (χ3n) is 5.41. The first kappa shape index (κ1) is 17.6. The largest absolute Gasteiger partial charge is 0.416 e. The maximum absolute atomic E-state index is 12.4. The Labute approximate surface area is 158 Å². The molecule has 1 fully saturated rings. The Balaban J connectivity index is 1.30. The van der Waals surface area contributed by atoms with Gasteiger partial charge in [-0.05, 0) is 43.2 Å². The highest BCUT2D eigenvalue weighted by atomic mass is 32.2. The first-order valence-corrected chi connectivity index (χ1v) is 10.6. The number of aryl methyl sites for hydroxylation is 1. The minimum Gasteiger partial charge on any atom is -0.416 e. The minimum absolute atomic E-state index is 0.0223. The second kappa shape index (κ2) is 8.25. The fourth-order valence-electron chi connectivity index (χ4n) is 4.06. The molecule has 1 atom stereocenters. The molecule has 0 saturated heterocycles. The third kappa shape index (κ3) is 4.11. The van der Waals surface area contributed by atoms with E-state index in [0.717, 1.165) is 38.0 Å². The predicted molar refractivity (Wildman–Crippen MR) is 101 cm³/mol. The van der Waals surface area contributed by atoms with Gasteiger partial charge < -0.3 is 9.73 Å². The summed E-state index contributed by atoms with van der Waals surface area (Å²) in [4.78, 5) is 12.4. The smallest absolute Gasteiger partial charge is 0.277 e. The van der Waals surface area contributed by atoms with E-state index in [2.05, 4.69) is 33.7 Å². The van der Waals surface area contributed by atoms with Crippen LogP contribution in [0.1, 0.15) is 73.9 Å². The van der Waals surface area contributed by atoms with E-state index in [4.69, 9.17) is 4.42 Å². The van der Waals surface area contributed by atoms with Crippen molar-refractivity contribution in [3.05, 3.63) is 41.3 Å². The van der Waals surface area contributed by atoms with Crippen LogP contribution in [0.4, 0.5) is 0 Å². The number of benzene rings is 1. The average Bonchev–Trinajstić information content (AvgIpc) is 3.17. The molecule has 0 aliphatic heterocycles. The Hall–Kier alpha value is -1.82. The number of rotatable bonds is 5. The normalized spacial score (nSPS) is 20.5. The number of nitrogens with zero attached hydrogens (tertiary/aromatic N) is 2. The summed E-state index contributed by atoms with van der Waals surface area (Å²) in [6, 6.07) is 8.52. The molecule has 1 N–H and O–H groups in total. The summed E-state index contributed by atoms with van der Waals surface area (Å²) in [5, 5.41) is 12.0. The highest BCUT2D eigenvalue weighted by molar-refractivity contribution is 7.99. The van der Waals surface area contributed by atoms with Crippen molar-refractivity contribution in [3.63, 3.8) is 0 Å². The van der Waals surface area contributed by atoms with Crippen molar-refractivity contribution in [2.75, 3.05) is 5.75 Å². The van der Waals surface area contributed by atoms with Crippen LogP contribution >= 0.6 is 11.8 Å². The Morgan fingerprint density at radius 1 is 1.12 bits per heavy atom. The summed E-state index contributed by atoms with van der Waals surface area (Å²) in [7, 11) is 0. The number of carbonyl (C=O) groups excluding carboxylic acids is 1. The molecule has 1 amide bonds. The molecule has 6 heteroatoms. The van der Waals surface area contributed by atoms with Crippen molar-refractivity contribution < 1.29 is 9.21 Å². The third-order valence-corrected chi connectivity index (χ3v) is 6.23. The Morgan fingerprint density at radius 2 is 1.96 bits per heavy atom. The van der Waals surface area contributed by atoms with Crippen LogP contribution in [0.5, 0.6) is 0 Å². The fraction of sp³-hybridized carbons (Fsp3) is 0.550. The summed E-state index contributed by atoms with van der Waals surface area (Å²) in [6.07, 6.45) is 9.26. The van der Waals surface area contributed by atoms with Crippen LogP contribution in [-0.2, 0) is 11.2 Å². The van der Waals surface area contributed by atoms with E-state index in [1.807, 2.05) is 6.07 Å². The number of hydrogen-bond acceptors (Lipinski definition) is 5. The van der Waals surface area contributed by atoms with Gasteiger partial charge in [0.05, 0.1) is 11.8 Å². The monoisotopic (exact) mass is 371 g/mol. The molecule has 0 bridgehead atoms. The van der Waals surface area contributed by atoms with Crippen molar-refractivity contribution in [3.8, 4) is 0 Å². The molecule has 0 radical (unpaired) electrons. The van der Waals surface area contributed by atoms with Crippen LogP contribution in [0.2, 0.25) is 0 Å². The van der Waals surface area contributed by atoms with Crippen LogP contribution in [-0.4, -0.2) is 21.9 Å². The van der Waals surface area contributed by atoms with Crippen LogP contribution < -0.4 is 5.32 Å². The van der Waals surface area contributed by atoms with Crippen LogP contribution in [0, 0.1) is 0 Å². The standard InChI is InChI=1S/C20H25N3O2S/c24-18(21-17-12-6-10-14-7-4-5-11-16(14)17)13-26-20-23-22-19(25-20)15-8-2-1-3-9-15/h4-5,7,11,15,17H,1-3,6,8-10,12-13H2,(H,21,24)/t17-/m0/s1. The summed E-state index contributed by atoms with van der Waals surface area (Å²) in [6.45, 7) is 0. The first-order chi connectivity index (χ1) is 12.8. The molecule has 2 aromatic rings. The average molecular weight is 372 g/mol. The zero-order valence-electron chi connectivity index (χ0n) is 14.9. The molecular weight excluding hydrogens is 346 g/mol. The molecule has 138 valence electrons. The predicted octanol–water partition coefficient (Wildman–Crippen LogP) is 4.40. The van der Waals surface area contributed by atoms with Gasteiger partial charge in [-0.25, -0.2) is 0 Å². The topological polar surface area (TPSA) is 68.0 Å². The molecular formula is C20H25N3O2S. The Kier molecular flexibility index (Phi) is 5.58. The fourth-order valence-corrected chi connectivity index (χ4v) is 4.64. The molecule has 0 spiro atoms. The van der Waals surface area contributed by atoms with Crippen molar-refractivity contribution in [2.45, 2.75) is 68.5 Å². The van der Waals surface area contributed by atoms with Crippen molar-refractivity contribution >= 4 is 17.7 Å². The van der Waals surface area contributed by atoms with Gasteiger partial charge in [-0.2, -0.15) is 0 Å². The van der Waals surface area contributed by atoms with Gasteiger partial charge >= 0.3 is 0 Å². The lowest BCUT2D eigenvalue weighted by Crippen LogP contribution is -2.32. The number of amides is 1. The number of fused-ring (bicyclic) bond motifs is 1. The van der Waals surface area contributed by atoms with Gasteiger partial charge in [0, 0.05) is 5.92 Å². The molecule has 2 aliphatic rings. The molecule has 0 unspecified atom stereocenters. The maximum atomic E-state index is 12.4. The lowest BCUT2D eigenvalue weighted by molar-refractivity contribution is -0.119. The van der Waals surface area contributed by atoms with Gasteiger partial charge in [-0.3, -0.25) is 4.79 Å². The zero-order chi connectivity index (χ0) is 17.8. The summed E-state index contributed by atoms with van der Waals surface area (Å²) in [5.41, 5.74) is 2.61. The Bertz CT molecular complexity index is 755. The van der Waals surface area contributed by atoms with E-state index in [0.29, 0.717) is 16.9 Å². The summed E-state index contributed by atoms with van der Waals surface area (Å²) in [5.74, 6) is 1.48. The maximum Gasteiger partial charge on any atom is 0.277 e. The molecule has 26 heavy (non-hydrogen) atoms. The lowest BCUT2D eigenvalue weighted by Gasteiger charge is -2.26. The number of hydrogen-bond donors (Lipinski definition) is 1. The van der Waals surface area contributed by atoms with E-state index in [9.17, 15) is 4.79 Å². The minimum atomic E-state index is 0.0223. The molecule has 4 rings (SSSR count). The van der Waals surface area contributed by atoms with Gasteiger partial charge in [0.25, 0.3) is 5.22 Å². The molecule has 1 aromatic heterocycles. The van der Waals surface area contributed by atoms with Crippen LogP contribution in [0.15, 0.2) is 33.9 Å². The summed E-state index contributed by atoms with van der Waals surface area (Å²) >= 11 is 1.33. The number of thioether (sulfide) groups is 1. The molecule has 2 aliphatic carbocycles. The van der Waals surface area contributed by atoms with Gasteiger partial charge in [0.15, 0.2) is 0 Å². The van der Waals surface area contributed by atoms with E-state index in [-0.39, 0.29) is 11.9 Å². The molecule has 5 nitrogen and oxygen atoms in total. The van der Waals surface area contributed by atoms with Gasteiger partial charge in [0.1, 0.15) is 0 Å². The zero-order valence-corrected chi connectivity index (χ0v) is 15.8. The van der Waals surface area contributed by atoms with E-state index in [1.54, 1.807) is 0 Å². The van der Waals surface area contributed by atoms with E-state index in [1.165, 1.54) is 42.2 Å². The highest BCUT2D eigenvalue weighted by Gasteiger charge is 2.23. The van der Waals surface area contributed by atoms with Crippen LogP contribution in [0.25, 0.3) is 0 Å². The quantitative estimate of drug-likeness (QED) is 0.789. The van der Waals surface area contributed by atoms with Crippen molar-refractivity contribution in [1.29, 1.82) is 0 Å². The Morgan fingerprint density at radius 3 is 2.85 bits per heavy atom.